The Balaban J connectivity index is 1.57. The highest BCUT2D eigenvalue weighted by Crippen LogP contribution is 2.19. The Hall–Kier alpha value is -2.43. The van der Waals surface area contributed by atoms with E-state index in [1.54, 1.807) is 6.07 Å². The molecule has 1 saturated heterocycles. The van der Waals surface area contributed by atoms with Crippen molar-refractivity contribution in [1.29, 1.82) is 0 Å². The fourth-order valence-corrected chi connectivity index (χ4v) is 2.78. The van der Waals surface area contributed by atoms with Crippen LogP contribution in [0.4, 0.5) is 14.5 Å². The zero-order valence-electron chi connectivity index (χ0n) is 12.7. The SMILES string of the molecule is O=C(Cc1ccccc1)N1CCN(c2ccc(F)c(F)c2)CC1. The zero-order chi connectivity index (χ0) is 16.2. The van der Waals surface area contributed by atoms with Crippen molar-refractivity contribution in [3.63, 3.8) is 0 Å². The van der Waals surface area contributed by atoms with Crippen molar-refractivity contribution < 1.29 is 13.6 Å². The standard InChI is InChI=1S/C18H18F2N2O/c19-16-7-6-15(13-17(16)20)21-8-10-22(11-9-21)18(23)12-14-4-2-1-3-5-14/h1-7,13H,8-12H2. The molecule has 1 heterocycles. The molecule has 3 rings (SSSR count). The van der Waals surface area contributed by atoms with Crippen LogP contribution in [0.2, 0.25) is 0 Å². The Kier molecular flexibility index (Phi) is 4.55. The molecule has 0 N–H and O–H groups in total. The van der Waals surface area contributed by atoms with E-state index in [9.17, 15) is 13.6 Å². The number of piperazine rings is 1. The fourth-order valence-electron chi connectivity index (χ4n) is 2.78. The van der Waals surface area contributed by atoms with E-state index in [0.29, 0.717) is 38.3 Å². The first kappa shape index (κ1) is 15.5. The van der Waals surface area contributed by atoms with Gasteiger partial charge in [-0.25, -0.2) is 8.78 Å². The first-order valence-corrected chi connectivity index (χ1v) is 7.65. The van der Waals surface area contributed by atoms with Crippen molar-refractivity contribution in [1.82, 2.24) is 4.90 Å². The molecule has 0 aliphatic carbocycles. The lowest BCUT2D eigenvalue weighted by Crippen LogP contribution is -2.49. The molecule has 0 saturated carbocycles. The topological polar surface area (TPSA) is 23.6 Å². The van der Waals surface area contributed by atoms with Crippen LogP contribution in [-0.2, 0) is 11.2 Å². The van der Waals surface area contributed by atoms with Crippen molar-refractivity contribution >= 4 is 11.6 Å². The molecule has 5 heteroatoms. The average molecular weight is 316 g/mol. The van der Waals surface area contributed by atoms with Crippen LogP contribution in [0.5, 0.6) is 0 Å². The number of carbonyl (C=O) groups is 1. The summed E-state index contributed by atoms with van der Waals surface area (Å²) in [6, 6.07) is 13.6. The van der Waals surface area contributed by atoms with E-state index in [1.807, 2.05) is 40.1 Å². The van der Waals surface area contributed by atoms with Crippen LogP contribution in [0.15, 0.2) is 48.5 Å². The number of carbonyl (C=O) groups excluding carboxylic acids is 1. The Bertz CT molecular complexity index is 683. The van der Waals surface area contributed by atoms with Gasteiger partial charge in [0.25, 0.3) is 0 Å². The molecule has 0 unspecified atom stereocenters. The Labute approximate surface area is 134 Å². The van der Waals surface area contributed by atoms with Gasteiger partial charge in [0.2, 0.25) is 5.91 Å². The van der Waals surface area contributed by atoms with Crippen LogP contribution in [0, 0.1) is 11.6 Å². The Morgan fingerprint density at radius 2 is 1.61 bits per heavy atom. The molecule has 0 aromatic heterocycles. The van der Waals surface area contributed by atoms with E-state index in [0.717, 1.165) is 11.6 Å². The first-order chi connectivity index (χ1) is 11.1. The predicted octanol–water partition coefficient (Wildman–Crippen LogP) is 2.86. The van der Waals surface area contributed by atoms with Gasteiger partial charge in [0.05, 0.1) is 6.42 Å². The van der Waals surface area contributed by atoms with Crippen LogP contribution >= 0.6 is 0 Å². The average Bonchev–Trinajstić information content (AvgIpc) is 2.58. The van der Waals surface area contributed by atoms with E-state index in [4.69, 9.17) is 0 Å². The molecule has 1 aliphatic rings. The number of halogens is 2. The second-order valence-electron chi connectivity index (χ2n) is 5.63. The Morgan fingerprint density at radius 1 is 0.913 bits per heavy atom. The van der Waals surface area contributed by atoms with E-state index in [2.05, 4.69) is 0 Å². The normalized spacial score (nSPS) is 14.9. The maximum atomic E-state index is 13.3. The van der Waals surface area contributed by atoms with E-state index >= 15 is 0 Å². The van der Waals surface area contributed by atoms with Crippen LogP contribution in [0.1, 0.15) is 5.56 Å². The van der Waals surface area contributed by atoms with Crippen LogP contribution < -0.4 is 4.90 Å². The summed E-state index contributed by atoms with van der Waals surface area (Å²) in [5.41, 5.74) is 1.65. The zero-order valence-corrected chi connectivity index (χ0v) is 12.7. The number of hydrogen-bond donors (Lipinski definition) is 0. The second kappa shape index (κ2) is 6.77. The molecule has 0 bridgehead atoms. The molecular formula is C18H18F2N2O. The highest BCUT2D eigenvalue weighted by molar-refractivity contribution is 5.79. The monoisotopic (exact) mass is 316 g/mol. The van der Waals surface area contributed by atoms with E-state index in [1.165, 1.54) is 6.07 Å². The summed E-state index contributed by atoms with van der Waals surface area (Å²) in [6.07, 6.45) is 0.395. The Morgan fingerprint density at radius 3 is 2.26 bits per heavy atom. The first-order valence-electron chi connectivity index (χ1n) is 7.65. The minimum atomic E-state index is -0.843. The second-order valence-corrected chi connectivity index (χ2v) is 5.63. The van der Waals surface area contributed by atoms with Gasteiger partial charge in [-0.1, -0.05) is 30.3 Å². The van der Waals surface area contributed by atoms with Gasteiger partial charge in [0, 0.05) is 37.9 Å². The highest BCUT2D eigenvalue weighted by atomic mass is 19.2. The van der Waals surface area contributed by atoms with Gasteiger partial charge in [0.1, 0.15) is 0 Å². The molecule has 0 spiro atoms. The predicted molar refractivity (Wildman–Crippen MR) is 85.3 cm³/mol. The number of rotatable bonds is 3. The van der Waals surface area contributed by atoms with Gasteiger partial charge in [-0.3, -0.25) is 4.79 Å². The molecule has 0 atom stereocenters. The van der Waals surface area contributed by atoms with Crippen molar-refractivity contribution in [2.75, 3.05) is 31.1 Å². The van der Waals surface area contributed by atoms with Gasteiger partial charge < -0.3 is 9.80 Å². The highest BCUT2D eigenvalue weighted by Gasteiger charge is 2.21. The smallest absolute Gasteiger partial charge is 0.227 e. The summed E-state index contributed by atoms with van der Waals surface area (Å²) in [5, 5.41) is 0. The number of hydrogen-bond acceptors (Lipinski definition) is 2. The molecule has 1 fully saturated rings. The summed E-state index contributed by atoms with van der Waals surface area (Å²) < 4.78 is 26.3. The number of amides is 1. The van der Waals surface area contributed by atoms with Crippen molar-refractivity contribution in [3.8, 4) is 0 Å². The molecule has 0 radical (unpaired) electrons. The molecule has 23 heavy (non-hydrogen) atoms. The summed E-state index contributed by atoms with van der Waals surface area (Å²) >= 11 is 0. The summed E-state index contributed by atoms with van der Waals surface area (Å²) in [6.45, 7) is 2.41. The van der Waals surface area contributed by atoms with Crippen LogP contribution in [0.3, 0.4) is 0 Å². The molecule has 3 nitrogen and oxygen atoms in total. The molecule has 1 amide bonds. The summed E-state index contributed by atoms with van der Waals surface area (Å²) in [7, 11) is 0. The minimum absolute atomic E-state index is 0.0983. The third kappa shape index (κ3) is 3.67. The van der Waals surface area contributed by atoms with Gasteiger partial charge in [-0.05, 0) is 17.7 Å². The van der Waals surface area contributed by atoms with Gasteiger partial charge in [0.15, 0.2) is 11.6 Å². The van der Waals surface area contributed by atoms with Crippen molar-refractivity contribution in [2.24, 2.45) is 0 Å². The lowest BCUT2D eigenvalue weighted by Gasteiger charge is -2.36. The lowest BCUT2D eigenvalue weighted by atomic mass is 10.1. The quantitative estimate of drug-likeness (QED) is 0.869. The van der Waals surface area contributed by atoms with E-state index in [-0.39, 0.29) is 5.91 Å². The third-order valence-electron chi connectivity index (χ3n) is 4.10. The molecule has 120 valence electrons. The molecular weight excluding hydrogens is 298 g/mol. The number of benzene rings is 2. The number of nitrogens with zero attached hydrogens (tertiary/aromatic N) is 2. The van der Waals surface area contributed by atoms with E-state index < -0.39 is 11.6 Å². The van der Waals surface area contributed by atoms with Crippen molar-refractivity contribution in [2.45, 2.75) is 6.42 Å². The summed E-state index contributed by atoms with van der Waals surface area (Å²) in [5.74, 6) is -1.59. The maximum absolute atomic E-state index is 13.3. The van der Waals surface area contributed by atoms with Crippen LogP contribution in [0.25, 0.3) is 0 Å². The fraction of sp³-hybridized carbons (Fsp3) is 0.278. The summed E-state index contributed by atoms with van der Waals surface area (Å²) in [4.78, 5) is 16.1. The number of anilines is 1. The van der Waals surface area contributed by atoms with Gasteiger partial charge in [-0.2, -0.15) is 0 Å². The minimum Gasteiger partial charge on any atom is -0.368 e. The van der Waals surface area contributed by atoms with Crippen molar-refractivity contribution in [3.05, 3.63) is 65.7 Å². The largest absolute Gasteiger partial charge is 0.368 e. The maximum Gasteiger partial charge on any atom is 0.227 e. The third-order valence-corrected chi connectivity index (χ3v) is 4.10. The van der Waals surface area contributed by atoms with Crippen LogP contribution in [-0.4, -0.2) is 37.0 Å². The molecule has 2 aromatic rings. The van der Waals surface area contributed by atoms with Gasteiger partial charge >= 0.3 is 0 Å². The molecule has 2 aromatic carbocycles. The van der Waals surface area contributed by atoms with Gasteiger partial charge in [-0.15, -0.1) is 0 Å². The molecule has 1 aliphatic heterocycles. The lowest BCUT2D eigenvalue weighted by molar-refractivity contribution is -0.130.